The van der Waals surface area contributed by atoms with E-state index in [1.54, 1.807) is 28.8 Å². The molecule has 2 aromatic carbocycles. The van der Waals surface area contributed by atoms with Crippen LogP contribution in [-0.2, 0) is 9.59 Å². The van der Waals surface area contributed by atoms with Crippen molar-refractivity contribution in [3.63, 3.8) is 0 Å². The van der Waals surface area contributed by atoms with E-state index in [9.17, 15) is 14.4 Å². The average Bonchev–Trinajstić information content (AvgIpc) is 2.99. The van der Waals surface area contributed by atoms with Crippen molar-refractivity contribution in [2.24, 2.45) is 0 Å². The van der Waals surface area contributed by atoms with Crippen LogP contribution in [0, 0.1) is 6.92 Å². The highest BCUT2D eigenvalue weighted by molar-refractivity contribution is 7.99. The van der Waals surface area contributed by atoms with Crippen LogP contribution in [0.4, 0.5) is 17.1 Å². The lowest BCUT2D eigenvalue weighted by Crippen LogP contribution is -2.24. The largest absolute Gasteiger partial charge is 0.325 e. The molecule has 0 spiro atoms. The van der Waals surface area contributed by atoms with Crippen molar-refractivity contribution < 1.29 is 14.4 Å². The first kappa shape index (κ1) is 18.6. The van der Waals surface area contributed by atoms with E-state index in [1.165, 1.54) is 0 Å². The molecule has 1 saturated heterocycles. The summed E-state index contributed by atoms with van der Waals surface area (Å²) in [6, 6.07) is 10.9. The van der Waals surface area contributed by atoms with Gasteiger partial charge < -0.3 is 15.5 Å². The van der Waals surface area contributed by atoms with Crippen molar-refractivity contribution in [1.82, 2.24) is 0 Å². The van der Waals surface area contributed by atoms with Crippen molar-refractivity contribution in [2.75, 3.05) is 27.8 Å². The first-order valence-electron chi connectivity index (χ1n) is 9.30. The van der Waals surface area contributed by atoms with Crippen LogP contribution in [0.1, 0.15) is 35.2 Å². The first-order valence-corrected chi connectivity index (χ1v) is 10.3. The van der Waals surface area contributed by atoms with Gasteiger partial charge in [0, 0.05) is 47.0 Å². The third-order valence-electron chi connectivity index (χ3n) is 4.92. The van der Waals surface area contributed by atoms with Crippen LogP contribution in [0.2, 0.25) is 0 Å². The quantitative estimate of drug-likeness (QED) is 0.828. The minimum absolute atomic E-state index is 0.0357. The summed E-state index contributed by atoms with van der Waals surface area (Å²) in [6.45, 7) is 2.68. The van der Waals surface area contributed by atoms with Gasteiger partial charge in [0.25, 0.3) is 5.91 Å². The molecule has 2 aromatic rings. The van der Waals surface area contributed by atoms with Crippen molar-refractivity contribution in [3.8, 4) is 0 Å². The predicted molar refractivity (Wildman–Crippen MR) is 111 cm³/mol. The summed E-state index contributed by atoms with van der Waals surface area (Å²) in [5.74, 6) is 0.599. The van der Waals surface area contributed by atoms with Crippen LogP contribution in [0.5, 0.6) is 0 Å². The van der Waals surface area contributed by atoms with Gasteiger partial charge in [-0.25, -0.2) is 0 Å². The summed E-state index contributed by atoms with van der Waals surface area (Å²) >= 11 is 1.61. The van der Waals surface area contributed by atoms with Crippen molar-refractivity contribution in [3.05, 3.63) is 47.5 Å². The smallest absolute Gasteiger partial charge is 0.255 e. The molecule has 6 nitrogen and oxygen atoms in total. The highest BCUT2D eigenvalue weighted by atomic mass is 32.2. The number of nitrogens with one attached hydrogen (secondary N) is 2. The average molecular weight is 395 g/mol. The summed E-state index contributed by atoms with van der Waals surface area (Å²) in [4.78, 5) is 39.2. The number of carbonyl (C=O) groups is 3. The number of thioether (sulfide) groups is 1. The molecule has 2 aliphatic rings. The molecule has 3 amide bonds. The number of anilines is 3. The van der Waals surface area contributed by atoms with E-state index < -0.39 is 0 Å². The Labute approximate surface area is 167 Å². The van der Waals surface area contributed by atoms with Crippen LogP contribution in [0.3, 0.4) is 0 Å². The molecule has 0 bridgehead atoms. The summed E-state index contributed by atoms with van der Waals surface area (Å²) in [6.07, 6.45) is 1.93. The van der Waals surface area contributed by atoms with Gasteiger partial charge in [-0.2, -0.15) is 0 Å². The Bertz CT molecular complexity index is 973. The SMILES string of the molecule is Cc1cc(NC(=O)c2ccc3c(c2)NC(=O)CCS3)ccc1N1CCCC1=O. The van der Waals surface area contributed by atoms with Gasteiger partial charge in [0.1, 0.15) is 0 Å². The normalized spacial score (nSPS) is 16.4. The fourth-order valence-corrected chi connectivity index (χ4v) is 4.44. The molecule has 1 fully saturated rings. The van der Waals surface area contributed by atoms with E-state index >= 15 is 0 Å². The molecule has 144 valence electrons. The van der Waals surface area contributed by atoms with E-state index in [0.717, 1.165) is 34.9 Å². The Morgan fingerprint density at radius 1 is 1.14 bits per heavy atom. The van der Waals surface area contributed by atoms with E-state index in [-0.39, 0.29) is 17.7 Å². The molecule has 0 saturated carbocycles. The number of benzene rings is 2. The highest BCUT2D eigenvalue weighted by Gasteiger charge is 2.23. The topological polar surface area (TPSA) is 78.5 Å². The summed E-state index contributed by atoms with van der Waals surface area (Å²) in [5.41, 5.74) is 3.67. The zero-order valence-electron chi connectivity index (χ0n) is 15.6. The number of aryl methyl sites for hydroxylation is 1. The second-order valence-electron chi connectivity index (χ2n) is 6.96. The van der Waals surface area contributed by atoms with Gasteiger partial charge in [-0.15, -0.1) is 11.8 Å². The maximum Gasteiger partial charge on any atom is 0.255 e. The number of hydrogen-bond acceptors (Lipinski definition) is 4. The number of rotatable bonds is 3. The van der Waals surface area contributed by atoms with Gasteiger partial charge in [0.05, 0.1) is 5.69 Å². The molecular weight excluding hydrogens is 374 g/mol. The lowest BCUT2D eigenvalue weighted by molar-refractivity contribution is -0.117. The zero-order valence-corrected chi connectivity index (χ0v) is 16.4. The summed E-state index contributed by atoms with van der Waals surface area (Å²) in [7, 11) is 0. The van der Waals surface area contributed by atoms with Gasteiger partial charge in [0.15, 0.2) is 0 Å². The lowest BCUT2D eigenvalue weighted by Gasteiger charge is -2.19. The van der Waals surface area contributed by atoms with Crippen molar-refractivity contribution >= 4 is 46.5 Å². The molecule has 0 aromatic heterocycles. The van der Waals surface area contributed by atoms with Crippen LogP contribution >= 0.6 is 11.8 Å². The van der Waals surface area contributed by atoms with Gasteiger partial charge in [0.2, 0.25) is 11.8 Å². The maximum atomic E-state index is 12.7. The van der Waals surface area contributed by atoms with Gasteiger partial charge in [-0.05, 0) is 55.3 Å². The van der Waals surface area contributed by atoms with Crippen LogP contribution in [-0.4, -0.2) is 30.0 Å². The molecule has 2 aliphatic heterocycles. The molecular formula is C21H21N3O3S. The Morgan fingerprint density at radius 2 is 2.00 bits per heavy atom. The molecule has 7 heteroatoms. The van der Waals surface area contributed by atoms with Crippen molar-refractivity contribution in [2.45, 2.75) is 31.1 Å². The molecule has 0 aliphatic carbocycles. The molecule has 2 heterocycles. The third-order valence-corrected chi connectivity index (χ3v) is 6.00. The second kappa shape index (κ2) is 7.67. The molecule has 0 unspecified atom stereocenters. The van der Waals surface area contributed by atoms with Crippen LogP contribution < -0.4 is 15.5 Å². The van der Waals surface area contributed by atoms with Gasteiger partial charge >= 0.3 is 0 Å². The van der Waals surface area contributed by atoms with Crippen LogP contribution in [0.15, 0.2) is 41.3 Å². The first-order chi connectivity index (χ1) is 13.5. The summed E-state index contributed by atoms with van der Waals surface area (Å²) < 4.78 is 0. The van der Waals surface area contributed by atoms with Crippen LogP contribution in [0.25, 0.3) is 0 Å². The van der Waals surface area contributed by atoms with E-state index in [4.69, 9.17) is 0 Å². The minimum atomic E-state index is -0.240. The van der Waals surface area contributed by atoms with E-state index in [0.29, 0.717) is 29.8 Å². The zero-order chi connectivity index (χ0) is 19.7. The third kappa shape index (κ3) is 3.75. The Hall–Kier alpha value is -2.80. The highest BCUT2D eigenvalue weighted by Crippen LogP contribution is 2.32. The van der Waals surface area contributed by atoms with Gasteiger partial charge in [-0.1, -0.05) is 0 Å². The standard InChI is InChI=1S/C21H21N3O3S/c1-13-11-15(5-6-17(13)24-9-2-3-20(24)26)22-21(27)14-4-7-18-16(12-14)23-19(25)8-10-28-18/h4-7,11-12H,2-3,8-10H2,1H3,(H,22,27)(H,23,25). The monoisotopic (exact) mass is 395 g/mol. The number of nitrogens with zero attached hydrogens (tertiary/aromatic N) is 1. The maximum absolute atomic E-state index is 12.7. The number of carbonyl (C=O) groups excluding carboxylic acids is 3. The Balaban J connectivity index is 1.51. The number of amides is 3. The summed E-state index contributed by atoms with van der Waals surface area (Å²) in [5, 5.41) is 5.76. The Morgan fingerprint density at radius 3 is 2.75 bits per heavy atom. The fourth-order valence-electron chi connectivity index (χ4n) is 3.50. The van der Waals surface area contributed by atoms with E-state index in [2.05, 4.69) is 10.6 Å². The number of fused-ring (bicyclic) bond motifs is 1. The van der Waals surface area contributed by atoms with E-state index in [1.807, 2.05) is 31.2 Å². The molecule has 4 rings (SSSR count). The Kier molecular flexibility index (Phi) is 5.09. The van der Waals surface area contributed by atoms with Gasteiger partial charge in [-0.3, -0.25) is 14.4 Å². The molecule has 0 atom stereocenters. The lowest BCUT2D eigenvalue weighted by atomic mass is 10.1. The van der Waals surface area contributed by atoms with Crippen molar-refractivity contribution in [1.29, 1.82) is 0 Å². The molecule has 28 heavy (non-hydrogen) atoms. The minimum Gasteiger partial charge on any atom is -0.325 e. The fraction of sp³-hybridized carbons (Fsp3) is 0.286. The predicted octanol–water partition coefficient (Wildman–Crippen LogP) is 3.81. The number of hydrogen-bond donors (Lipinski definition) is 2. The molecule has 2 N–H and O–H groups in total. The molecule has 0 radical (unpaired) electrons. The second-order valence-corrected chi connectivity index (χ2v) is 8.10.